The first-order valence-corrected chi connectivity index (χ1v) is 14.3. The number of hydrogen-bond acceptors (Lipinski definition) is 1. The van der Waals surface area contributed by atoms with Crippen molar-refractivity contribution in [2.75, 3.05) is 0 Å². The van der Waals surface area contributed by atoms with E-state index in [-0.39, 0.29) is 10.8 Å². The lowest BCUT2D eigenvalue weighted by atomic mass is 9.78. The van der Waals surface area contributed by atoms with E-state index in [0.717, 1.165) is 23.5 Å². The summed E-state index contributed by atoms with van der Waals surface area (Å²) in [5.74, 6) is 1.38. The maximum Gasteiger partial charge on any atom is 0.123 e. The second kappa shape index (κ2) is 15.1. The fraction of sp³-hybridized carbons (Fsp3) is 0.812. The Bertz CT molecular complexity index is 606. The molecule has 0 saturated carbocycles. The van der Waals surface area contributed by atoms with Crippen molar-refractivity contribution < 1.29 is 5.11 Å². The van der Waals surface area contributed by atoms with E-state index in [1.807, 2.05) is 0 Å². The van der Waals surface area contributed by atoms with Crippen LogP contribution >= 0.6 is 0 Å². The monoisotopic (exact) mass is 458 g/mol. The van der Waals surface area contributed by atoms with Crippen molar-refractivity contribution >= 4 is 0 Å². The number of phenolic OH excluding ortho intramolecular Hbond substituents is 1. The summed E-state index contributed by atoms with van der Waals surface area (Å²) >= 11 is 0. The van der Waals surface area contributed by atoms with Gasteiger partial charge < -0.3 is 5.11 Å². The van der Waals surface area contributed by atoms with E-state index in [1.54, 1.807) is 0 Å². The van der Waals surface area contributed by atoms with E-state index in [0.29, 0.717) is 5.75 Å². The molecule has 1 nitrogen and oxygen atoms in total. The highest BCUT2D eigenvalue weighted by Crippen LogP contribution is 2.40. The van der Waals surface area contributed by atoms with Crippen molar-refractivity contribution in [2.24, 2.45) is 5.92 Å². The number of aromatic hydroxyl groups is 1. The van der Waals surface area contributed by atoms with Gasteiger partial charge in [0.05, 0.1) is 0 Å². The lowest BCUT2D eigenvalue weighted by Crippen LogP contribution is -2.18. The van der Waals surface area contributed by atoms with Crippen molar-refractivity contribution in [2.45, 2.75) is 163 Å². The molecule has 1 aromatic rings. The molecule has 0 aromatic heterocycles. The van der Waals surface area contributed by atoms with Crippen LogP contribution in [-0.4, -0.2) is 5.11 Å². The van der Waals surface area contributed by atoms with Crippen molar-refractivity contribution in [1.29, 1.82) is 0 Å². The van der Waals surface area contributed by atoms with Crippen molar-refractivity contribution in [1.82, 2.24) is 0 Å². The summed E-state index contributed by atoms with van der Waals surface area (Å²) in [6, 6.07) is 4.52. The Hall–Kier alpha value is -0.980. The summed E-state index contributed by atoms with van der Waals surface area (Å²) in [5, 5.41) is 10.9. The molecular weight excluding hydrogens is 400 g/mol. The molecule has 0 aliphatic rings. The van der Waals surface area contributed by atoms with Crippen LogP contribution in [0.3, 0.4) is 0 Å². The number of phenols is 1. The van der Waals surface area contributed by atoms with Gasteiger partial charge in [0.25, 0.3) is 0 Å². The van der Waals surface area contributed by atoms with E-state index < -0.39 is 0 Å². The zero-order valence-electron chi connectivity index (χ0n) is 23.8. The van der Waals surface area contributed by atoms with Gasteiger partial charge in [-0.3, -0.25) is 0 Å². The Morgan fingerprint density at radius 3 is 1.24 bits per heavy atom. The van der Waals surface area contributed by atoms with Crippen molar-refractivity contribution in [3.8, 4) is 5.75 Å². The second-order valence-corrected chi connectivity index (χ2v) is 13.1. The van der Waals surface area contributed by atoms with Gasteiger partial charge in [0.15, 0.2) is 0 Å². The molecule has 0 aliphatic heterocycles. The topological polar surface area (TPSA) is 20.2 Å². The molecule has 0 saturated heterocycles. The quantitative estimate of drug-likeness (QED) is 0.244. The zero-order chi connectivity index (χ0) is 24.9. The summed E-state index contributed by atoms with van der Waals surface area (Å²) in [5.41, 5.74) is 3.52. The van der Waals surface area contributed by atoms with E-state index in [9.17, 15) is 5.11 Å². The summed E-state index contributed by atoms with van der Waals surface area (Å²) in [4.78, 5) is 0. The highest BCUT2D eigenvalue weighted by molar-refractivity contribution is 5.49. The number of unbranched alkanes of at least 4 members (excludes halogenated alkanes) is 12. The first-order chi connectivity index (χ1) is 15.4. The fourth-order valence-electron chi connectivity index (χ4n) is 4.81. The molecule has 1 heteroatoms. The predicted molar refractivity (Wildman–Crippen MR) is 149 cm³/mol. The van der Waals surface area contributed by atoms with Crippen molar-refractivity contribution in [3.05, 3.63) is 28.8 Å². The minimum atomic E-state index is -0.0339. The molecule has 0 heterocycles. The van der Waals surface area contributed by atoms with Gasteiger partial charge in [0, 0.05) is 0 Å². The minimum Gasteiger partial charge on any atom is -0.507 e. The third kappa shape index (κ3) is 12.9. The molecule has 1 rings (SSSR count). The molecule has 192 valence electrons. The van der Waals surface area contributed by atoms with Gasteiger partial charge in [0.1, 0.15) is 5.75 Å². The van der Waals surface area contributed by atoms with Gasteiger partial charge in [-0.05, 0) is 46.3 Å². The molecule has 1 aromatic carbocycles. The van der Waals surface area contributed by atoms with E-state index in [4.69, 9.17) is 0 Å². The van der Waals surface area contributed by atoms with Crippen LogP contribution in [0.1, 0.15) is 162 Å². The van der Waals surface area contributed by atoms with Gasteiger partial charge in [0.2, 0.25) is 0 Å². The van der Waals surface area contributed by atoms with Crippen molar-refractivity contribution in [3.63, 3.8) is 0 Å². The smallest absolute Gasteiger partial charge is 0.123 e. The summed E-state index contributed by atoms with van der Waals surface area (Å²) < 4.78 is 0. The first-order valence-electron chi connectivity index (χ1n) is 14.3. The molecule has 0 spiro atoms. The molecule has 0 fully saturated rings. The highest BCUT2D eigenvalue weighted by atomic mass is 16.3. The summed E-state index contributed by atoms with van der Waals surface area (Å²) in [6.07, 6.45) is 20.8. The Morgan fingerprint density at radius 1 is 0.576 bits per heavy atom. The van der Waals surface area contributed by atoms with Gasteiger partial charge in [-0.25, -0.2) is 0 Å². The van der Waals surface area contributed by atoms with Gasteiger partial charge >= 0.3 is 0 Å². The molecule has 0 unspecified atom stereocenters. The third-order valence-corrected chi connectivity index (χ3v) is 7.03. The lowest BCUT2D eigenvalue weighted by Gasteiger charge is -2.28. The van der Waals surface area contributed by atoms with Crippen LogP contribution in [0.4, 0.5) is 0 Å². The van der Waals surface area contributed by atoms with Crippen LogP contribution in [-0.2, 0) is 17.3 Å². The number of benzene rings is 1. The van der Waals surface area contributed by atoms with Crippen LogP contribution < -0.4 is 0 Å². The second-order valence-electron chi connectivity index (χ2n) is 13.1. The fourth-order valence-corrected chi connectivity index (χ4v) is 4.81. The molecule has 0 amide bonds. The molecular formula is C32H58O. The lowest BCUT2D eigenvalue weighted by molar-refractivity contribution is 0.422. The van der Waals surface area contributed by atoms with Gasteiger partial charge in [-0.15, -0.1) is 0 Å². The molecule has 0 aliphatic carbocycles. The first kappa shape index (κ1) is 30.1. The normalized spacial score (nSPS) is 12.6. The number of rotatable bonds is 16. The maximum absolute atomic E-state index is 10.9. The van der Waals surface area contributed by atoms with Crippen LogP contribution in [0.2, 0.25) is 0 Å². The standard InChI is InChI=1S/C32H58O/c1-26(2)22-20-18-16-14-12-10-9-11-13-15-17-19-21-23-27-24-28(31(3,4)5)30(33)29(25-27)32(6,7)8/h24-26,33H,9-23H2,1-8H3. The largest absolute Gasteiger partial charge is 0.507 e. The highest BCUT2D eigenvalue weighted by Gasteiger charge is 2.26. The average Bonchev–Trinajstić information content (AvgIpc) is 2.69. The average molecular weight is 459 g/mol. The van der Waals surface area contributed by atoms with Crippen LogP contribution in [0.15, 0.2) is 12.1 Å². The molecule has 0 bridgehead atoms. The maximum atomic E-state index is 10.9. The van der Waals surface area contributed by atoms with Gasteiger partial charge in [-0.2, -0.15) is 0 Å². The minimum absolute atomic E-state index is 0.0339. The van der Waals surface area contributed by atoms with E-state index in [1.165, 1.54) is 95.5 Å². The van der Waals surface area contributed by atoms with E-state index in [2.05, 4.69) is 67.5 Å². The number of aryl methyl sites for hydroxylation is 1. The van der Waals surface area contributed by atoms with Crippen LogP contribution in [0.25, 0.3) is 0 Å². The Morgan fingerprint density at radius 2 is 0.909 bits per heavy atom. The predicted octanol–water partition coefficient (Wildman–Crippen LogP) is 10.6. The molecule has 33 heavy (non-hydrogen) atoms. The third-order valence-electron chi connectivity index (χ3n) is 7.03. The van der Waals surface area contributed by atoms with Gasteiger partial charge in [-0.1, -0.05) is 151 Å². The van der Waals surface area contributed by atoms with Crippen LogP contribution in [0.5, 0.6) is 5.75 Å². The van der Waals surface area contributed by atoms with E-state index >= 15 is 0 Å². The summed E-state index contributed by atoms with van der Waals surface area (Å²) in [6.45, 7) is 17.9. The summed E-state index contributed by atoms with van der Waals surface area (Å²) in [7, 11) is 0. The SMILES string of the molecule is CC(C)CCCCCCCCCCCCCCCc1cc(C(C)(C)C)c(O)c(C(C)(C)C)c1. The Labute approximate surface area is 208 Å². The molecule has 0 atom stereocenters. The molecule has 1 N–H and O–H groups in total. The Kier molecular flexibility index (Phi) is 13.8. The molecule has 0 radical (unpaired) electrons. The Balaban J connectivity index is 2.20. The van der Waals surface area contributed by atoms with Crippen LogP contribution in [0, 0.1) is 5.92 Å². The number of hydrogen-bond donors (Lipinski definition) is 1. The zero-order valence-corrected chi connectivity index (χ0v) is 23.8.